The molecule has 0 spiro atoms. The summed E-state index contributed by atoms with van der Waals surface area (Å²) in [5.41, 5.74) is 0.439. The second-order valence-corrected chi connectivity index (χ2v) is 4.15. The van der Waals surface area contributed by atoms with E-state index < -0.39 is 17.3 Å². The second-order valence-electron chi connectivity index (χ2n) is 4.15. The summed E-state index contributed by atoms with van der Waals surface area (Å²) >= 11 is 0. The first-order chi connectivity index (χ1) is 8.56. The lowest BCUT2D eigenvalue weighted by atomic mass is 9.91. The number of phenols is 1. The van der Waals surface area contributed by atoms with Gasteiger partial charge in [-0.05, 0) is 35.0 Å². The molecule has 0 bridgehead atoms. The molecule has 2 N–H and O–H groups in total. The minimum Gasteiger partial charge on any atom is -0.508 e. The molecule has 18 heavy (non-hydrogen) atoms. The summed E-state index contributed by atoms with van der Waals surface area (Å²) in [6.07, 6.45) is 0.916. The third-order valence-corrected chi connectivity index (χ3v) is 2.97. The quantitative estimate of drug-likeness (QED) is 0.741. The highest BCUT2D eigenvalue weighted by atomic mass is 16.3. The largest absolute Gasteiger partial charge is 0.508 e. The van der Waals surface area contributed by atoms with Crippen LogP contribution in [-0.4, -0.2) is 21.8 Å². The van der Waals surface area contributed by atoms with Gasteiger partial charge >= 0.3 is 0 Å². The fourth-order valence-corrected chi connectivity index (χ4v) is 2.08. The Morgan fingerprint density at radius 1 is 0.833 bits per heavy atom. The molecule has 1 aliphatic rings. The van der Waals surface area contributed by atoms with Gasteiger partial charge in [0.2, 0.25) is 5.78 Å². The molecule has 2 aromatic rings. The van der Waals surface area contributed by atoms with Crippen LogP contribution in [0.25, 0.3) is 10.8 Å². The first kappa shape index (κ1) is 10.5. The lowest BCUT2D eigenvalue weighted by Crippen LogP contribution is -2.16. The van der Waals surface area contributed by atoms with Crippen LogP contribution in [-0.2, 0) is 0 Å². The van der Waals surface area contributed by atoms with Crippen molar-refractivity contribution in [1.82, 2.24) is 0 Å². The average molecular weight is 240 g/mol. The van der Waals surface area contributed by atoms with Crippen LogP contribution in [0.4, 0.5) is 0 Å². The van der Waals surface area contributed by atoms with Crippen LogP contribution in [0.3, 0.4) is 0 Å². The van der Waals surface area contributed by atoms with Crippen LogP contribution in [0.15, 0.2) is 42.2 Å². The second kappa shape index (κ2) is 3.43. The third-order valence-electron chi connectivity index (χ3n) is 2.97. The summed E-state index contributed by atoms with van der Waals surface area (Å²) in [7, 11) is 0. The maximum atomic E-state index is 11.8. The number of Topliss-reactive ketones (excluding diaryl/α,β-unsaturated/α-hetero) is 1. The summed E-state index contributed by atoms with van der Waals surface area (Å²) in [6, 6.07) is 7.77. The molecule has 1 aliphatic carbocycles. The van der Waals surface area contributed by atoms with Gasteiger partial charge in [-0.1, -0.05) is 6.07 Å². The molecule has 4 nitrogen and oxygen atoms in total. The number of carbonyl (C=O) groups excluding carboxylic acids is 2. The Hall–Kier alpha value is -2.62. The number of hydrogen-bond acceptors (Lipinski definition) is 4. The Morgan fingerprint density at radius 2 is 1.56 bits per heavy atom. The number of fused-ring (bicyclic) bond motifs is 2. The molecular formula is C14H8O4. The van der Waals surface area contributed by atoms with Gasteiger partial charge in [-0.3, -0.25) is 9.59 Å². The van der Waals surface area contributed by atoms with E-state index in [4.69, 9.17) is 0 Å². The average Bonchev–Trinajstić information content (AvgIpc) is 2.34. The van der Waals surface area contributed by atoms with Crippen LogP contribution >= 0.6 is 0 Å². The molecule has 0 aliphatic heterocycles. The van der Waals surface area contributed by atoms with E-state index in [0.717, 1.165) is 11.5 Å². The summed E-state index contributed by atoms with van der Waals surface area (Å²) < 4.78 is 0. The van der Waals surface area contributed by atoms with E-state index in [1.807, 2.05) is 0 Å². The van der Waals surface area contributed by atoms with E-state index in [9.17, 15) is 19.8 Å². The highest BCUT2D eigenvalue weighted by molar-refractivity contribution is 6.25. The van der Waals surface area contributed by atoms with E-state index in [1.165, 1.54) is 12.1 Å². The van der Waals surface area contributed by atoms with Gasteiger partial charge in [0.25, 0.3) is 0 Å². The van der Waals surface area contributed by atoms with Gasteiger partial charge in [-0.25, -0.2) is 0 Å². The van der Waals surface area contributed by atoms with Crippen LogP contribution < -0.4 is 0 Å². The molecule has 0 fully saturated rings. The number of rotatable bonds is 0. The van der Waals surface area contributed by atoms with Gasteiger partial charge in [0.15, 0.2) is 11.5 Å². The van der Waals surface area contributed by atoms with Crippen molar-refractivity contribution in [2.45, 2.75) is 0 Å². The highest BCUT2D eigenvalue weighted by Gasteiger charge is 2.25. The summed E-state index contributed by atoms with van der Waals surface area (Å²) in [5.74, 6) is -1.41. The van der Waals surface area contributed by atoms with Crippen molar-refractivity contribution in [3.05, 3.63) is 53.3 Å². The van der Waals surface area contributed by atoms with Gasteiger partial charge in [-0.15, -0.1) is 0 Å². The molecular weight excluding hydrogens is 232 g/mol. The predicted molar refractivity (Wildman–Crippen MR) is 65.0 cm³/mol. The van der Waals surface area contributed by atoms with E-state index in [1.54, 1.807) is 18.2 Å². The molecule has 0 unspecified atom stereocenters. The van der Waals surface area contributed by atoms with E-state index in [0.29, 0.717) is 5.39 Å². The van der Waals surface area contributed by atoms with Crippen molar-refractivity contribution in [3.8, 4) is 5.75 Å². The van der Waals surface area contributed by atoms with Crippen molar-refractivity contribution in [3.63, 3.8) is 0 Å². The van der Waals surface area contributed by atoms with Crippen LogP contribution in [0.2, 0.25) is 0 Å². The van der Waals surface area contributed by atoms with E-state index in [2.05, 4.69) is 0 Å². The number of phenolic OH excluding ortho intramolecular Hbond substituents is 1. The third kappa shape index (κ3) is 1.39. The zero-order valence-corrected chi connectivity index (χ0v) is 9.18. The molecule has 3 rings (SSSR count). The van der Waals surface area contributed by atoms with Crippen molar-refractivity contribution in [2.24, 2.45) is 0 Å². The number of ketones is 2. The first-order valence-electron chi connectivity index (χ1n) is 5.33. The maximum absolute atomic E-state index is 11.8. The fourth-order valence-electron chi connectivity index (χ4n) is 2.08. The Kier molecular flexibility index (Phi) is 2.01. The number of aliphatic hydroxyl groups excluding tert-OH is 1. The van der Waals surface area contributed by atoms with E-state index >= 15 is 0 Å². The Labute approximate surface area is 102 Å². The van der Waals surface area contributed by atoms with Gasteiger partial charge < -0.3 is 10.2 Å². The van der Waals surface area contributed by atoms with Crippen LogP contribution in [0.1, 0.15) is 20.7 Å². The van der Waals surface area contributed by atoms with Crippen LogP contribution in [0, 0.1) is 0 Å². The number of allylic oxidation sites excluding steroid dienone is 2. The highest BCUT2D eigenvalue weighted by Crippen LogP contribution is 2.27. The Bertz CT molecular complexity index is 741. The topological polar surface area (TPSA) is 74.6 Å². The lowest BCUT2D eigenvalue weighted by molar-refractivity contribution is 0.0939. The van der Waals surface area contributed by atoms with Gasteiger partial charge in [0.1, 0.15) is 5.75 Å². The molecule has 0 radical (unpaired) electrons. The number of aliphatic hydroxyl groups is 1. The fraction of sp³-hybridized carbons (Fsp3) is 0. The van der Waals surface area contributed by atoms with Crippen molar-refractivity contribution in [1.29, 1.82) is 0 Å². The maximum Gasteiger partial charge on any atom is 0.228 e. The molecule has 0 saturated heterocycles. The zero-order chi connectivity index (χ0) is 12.9. The SMILES string of the molecule is O=C1C=C(O)C(=O)c2cc3ccc(O)cc3cc21. The number of hydrogen-bond donors (Lipinski definition) is 2. The molecule has 0 atom stereocenters. The standard InChI is InChI=1S/C14H8O4/c15-9-2-1-7-4-11-10(5-8(7)3-9)12(16)6-13(17)14(11)18/h1-6,15,17H. The smallest absolute Gasteiger partial charge is 0.228 e. The number of carbonyl (C=O) groups is 2. The first-order valence-corrected chi connectivity index (χ1v) is 5.33. The Balaban J connectivity index is 2.36. The molecule has 0 saturated carbocycles. The van der Waals surface area contributed by atoms with Crippen molar-refractivity contribution >= 4 is 22.3 Å². The summed E-state index contributed by atoms with van der Waals surface area (Å²) in [4.78, 5) is 23.5. The summed E-state index contributed by atoms with van der Waals surface area (Å²) in [6.45, 7) is 0. The lowest BCUT2D eigenvalue weighted by Gasteiger charge is -2.12. The Morgan fingerprint density at radius 3 is 2.33 bits per heavy atom. The number of aromatic hydroxyl groups is 1. The van der Waals surface area contributed by atoms with Crippen molar-refractivity contribution in [2.75, 3.05) is 0 Å². The molecule has 0 aromatic heterocycles. The van der Waals surface area contributed by atoms with Crippen LogP contribution in [0.5, 0.6) is 5.75 Å². The predicted octanol–water partition coefficient (Wildman–Crippen LogP) is 2.37. The number of benzene rings is 2. The summed E-state index contributed by atoms with van der Waals surface area (Å²) in [5, 5.41) is 20.1. The monoisotopic (exact) mass is 240 g/mol. The minimum atomic E-state index is -0.556. The van der Waals surface area contributed by atoms with Gasteiger partial charge in [-0.2, -0.15) is 0 Å². The van der Waals surface area contributed by atoms with E-state index in [-0.39, 0.29) is 16.9 Å². The molecule has 4 heteroatoms. The molecule has 2 aromatic carbocycles. The minimum absolute atomic E-state index is 0.0930. The zero-order valence-electron chi connectivity index (χ0n) is 9.18. The molecule has 0 heterocycles. The molecule has 88 valence electrons. The van der Waals surface area contributed by atoms with Crippen molar-refractivity contribution < 1.29 is 19.8 Å². The normalized spacial score (nSPS) is 14.6. The van der Waals surface area contributed by atoms with Gasteiger partial charge in [0.05, 0.1) is 0 Å². The molecule has 0 amide bonds. The van der Waals surface area contributed by atoms with Gasteiger partial charge in [0, 0.05) is 17.2 Å².